The first kappa shape index (κ1) is 19.5. The molecule has 0 saturated carbocycles. The number of carbonyl (C=O) groups is 1. The summed E-state index contributed by atoms with van der Waals surface area (Å²) in [6.45, 7) is 6.76. The van der Waals surface area contributed by atoms with E-state index in [1.54, 1.807) is 0 Å². The molecule has 1 amide bonds. The maximum absolute atomic E-state index is 12.3. The van der Waals surface area contributed by atoms with Crippen LogP contribution in [0.4, 0.5) is 5.69 Å². The lowest BCUT2D eigenvalue weighted by atomic mass is 10.1. The third kappa shape index (κ3) is 4.70. The highest BCUT2D eigenvalue weighted by molar-refractivity contribution is 7.99. The zero-order valence-corrected chi connectivity index (χ0v) is 17.1. The second-order valence-corrected chi connectivity index (χ2v) is 7.59. The molecule has 0 fully saturated rings. The smallest absolute Gasteiger partial charge is 0.234 e. The molecular weight excluding hydrogens is 380 g/mol. The van der Waals surface area contributed by atoms with Crippen LogP contribution in [0.25, 0.3) is 11.4 Å². The molecule has 140 valence electrons. The highest BCUT2D eigenvalue weighted by Gasteiger charge is 2.15. The van der Waals surface area contributed by atoms with Crippen LogP contribution in [-0.4, -0.2) is 26.4 Å². The summed E-state index contributed by atoms with van der Waals surface area (Å²) in [5, 5.41) is 12.9. The number of halogens is 1. The number of aromatic nitrogens is 3. The molecular formula is C20H21ClN4OS. The van der Waals surface area contributed by atoms with E-state index in [0.29, 0.717) is 11.6 Å². The Morgan fingerprint density at radius 3 is 2.56 bits per heavy atom. The van der Waals surface area contributed by atoms with Gasteiger partial charge in [-0.05, 0) is 56.7 Å². The monoisotopic (exact) mass is 400 g/mol. The first-order valence-electron chi connectivity index (χ1n) is 8.67. The SMILES string of the molecule is CCn1c(SCC(=O)Nc2ccc(C)cc2C)nnc1-c1ccc(Cl)cc1. The Morgan fingerprint density at radius 2 is 1.89 bits per heavy atom. The summed E-state index contributed by atoms with van der Waals surface area (Å²) in [5.41, 5.74) is 4.01. The molecule has 7 heteroatoms. The van der Waals surface area contributed by atoms with Crippen LogP contribution in [0, 0.1) is 13.8 Å². The van der Waals surface area contributed by atoms with Gasteiger partial charge in [-0.1, -0.05) is 41.1 Å². The third-order valence-corrected chi connectivity index (χ3v) is 5.34. The Bertz CT molecular complexity index is 953. The van der Waals surface area contributed by atoms with Gasteiger partial charge >= 0.3 is 0 Å². The van der Waals surface area contributed by atoms with Crippen LogP contribution in [0.5, 0.6) is 0 Å². The minimum absolute atomic E-state index is 0.0642. The molecule has 0 aliphatic rings. The molecule has 5 nitrogen and oxygen atoms in total. The molecule has 0 atom stereocenters. The lowest BCUT2D eigenvalue weighted by Gasteiger charge is -2.10. The van der Waals surface area contributed by atoms with Crippen molar-refractivity contribution in [1.82, 2.24) is 14.8 Å². The minimum atomic E-state index is -0.0642. The summed E-state index contributed by atoms with van der Waals surface area (Å²) >= 11 is 7.34. The Balaban J connectivity index is 1.69. The summed E-state index contributed by atoms with van der Waals surface area (Å²) in [6, 6.07) is 13.5. The van der Waals surface area contributed by atoms with Crippen LogP contribution in [0.2, 0.25) is 5.02 Å². The van der Waals surface area contributed by atoms with Gasteiger partial charge in [0.25, 0.3) is 0 Å². The van der Waals surface area contributed by atoms with Gasteiger partial charge in [-0.2, -0.15) is 0 Å². The number of anilines is 1. The van der Waals surface area contributed by atoms with E-state index in [1.807, 2.05) is 61.7 Å². The van der Waals surface area contributed by atoms with Gasteiger partial charge in [0, 0.05) is 22.8 Å². The maximum Gasteiger partial charge on any atom is 0.234 e. The highest BCUT2D eigenvalue weighted by atomic mass is 35.5. The van der Waals surface area contributed by atoms with E-state index in [2.05, 4.69) is 21.6 Å². The van der Waals surface area contributed by atoms with Crippen molar-refractivity contribution in [3.8, 4) is 11.4 Å². The first-order chi connectivity index (χ1) is 13.0. The third-order valence-electron chi connectivity index (χ3n) is 4.12. The van der Waals surface area contributed by atoms with E-state index >= 15 is 0 Å². The van der Waals surface area contributed by atoms with Crippen molar-refractivity contribution >= 4 is 35.0 Å². The fourth-order valence-electron chi connectivity index (χ4n) is 2.76. The lowest BCUT2D eigenvalue weighted by molar-refractivity contribution is -0.113. The van der Waals surface area contributed by atoms with Crippen LogP contribution in [0.3, 0.4) is 0 Å². The van der Waals surface area contributed by atoms with Crippen LogP contribution < -0.4 is 5.32 Å². The van der Waals surface area contributed by atoms with Gasteiger partial charge in [-0.15, -0.1) is 10.2 Å². The average molecular weight is 401 g/mol. The number of thioether (sulfide) groups is 1. The molecule has 2 aromatic carbocycles. The number of rotatable bonds is 6. The molecule has 0 unspecified atom stereocenters. The van der Waals surface area contributed by atoms with Crippen molar-refractivity contribution in [2.75, 3.05) is 11.1 Å². The number of aryl methyl sites for hydroxylation is 2. The molecule has 3 rings (SSSR count). The second kappa shape index (κ2) is 8.59. The predicted molar refractivity (Wildman–Crippen MR) is 111 cm³/mol. The summed E-state index contributed by atoms with van der Waals surface area (Å²) in [5.74, 6) is 0.976. The maximum atomic E-state index is 12.3. The molecule has 0 spiro atoms. The largest absolute Gasteiger partial charge is 0.325 e. The number of benzene rings is 2. The lowest BCUT2D eigenvalue weighted by Crippen LogP contribution is -2.15. The molecule has 1 N–H and O–H groups in total. The fourth-order valence-corrected chi connectivity index (χ4v) is 3.69. The van der Waals surface area contributed by atoms with E-state index in [4.69, 9.17) is 11.6 Å². The van der Waals surface area contributed by atoms with Gasteiger partial charge < -0.3 is 9.88 Å². The summed E-state index contributed by atoms with van der Waals surface area (Å²) in [4.78, 5) is 12.3. The van der Waals surface area contributed by atoms with Crippen molar-refractivity contribution in [2.24, 2.45) is 0 Å². The van der Waals surface area contributed by atoms with Gasteiger partial charge in [0.2, 0.25) is 5.91 Å². The van der Waals surface area contributed by atoms with Gasteiger partial charge in [0.1, 0.15) is 0 Å². The molecule has 27 heavy (non-hydrogen) atoms. The number of nitrogens with zero attached hydrogens (tertiary/aromatic N) is 3. The highest BCUT2D eigenvalue weighted by Crippen LogP contribution is 2.25. The molecule has 0 saturated heterocycles. The molecule has 0 aliphatic carbocycles. The summed E-state index contributed by atoms with van der Waals surface area (Å²) < 4.78 is 2.00. The second-order valence-electron chi connectivity index (χ2n) is 6.21. The number of carbonyl (C=O) groups excluding carboxylic acids is 1. The zero-order valence-electron chi connectivity index (χ0n) is 15.5. The zero-order chi connectivity index (χ0) is 19.4. The fraction of sp³-hybridized carbons (Fsp3) is 0.250. The van der Waals surface area contributed by atoms with Crippen molar-refractivity contribution < 1.29 is 4.79 Å². The Morgan fingerprint density at radius 1 is 1.15 bits per heavy atom. The molecule has 0 bridgehead atoms. The van der Waals surface area contributed by atoms with Crippen molar-refractivity contribution in [1.29, 1.82) is 0 Å². The number of amides is 1. The topological polar surface area (TPSA) is 59.8 Å². The van der Waals surface area contributed by atoms with Crippen molar-refractivity contribution in [2.45, 2.75) is 32.5 Å². The predicted octanol–water partition coefficient (Wildman–Crippen LogP) is 4.97. The number of hydrogen-bond donors (Lipinski definition) is 1. The van der Waals surface area contributed by atoms with Crippen LogP contribution in [-0.2, 0) is 11.3 Å². The van der Waals surface area contributed by atoms with E-state index in [9.17, 15) is 4.79 Å². The van der Waals surface area contributed by atoms with Crippen molar-refractivity contribution in [3.05, 3.63) is 58.6 Å². The van der Waals surface area contributed by atoms with Crippen LogP contribution >= 0.6 is 23.4 Å². The summed E-state index contributed by atoms with van der Waals surface area (Å²) in [6.07, 6.45) is 0. The minimum Gasteiger partial charge on any atom is -0.325 e. The van der Waals surface area contributed by atoms with Crippen LogP contribution in [0.15, 0.2) is 47.6 Å². The first-order valence-corrected chi connectivity index (χ1v) is 10.0. The van der Waals surface area contributed by atoms with E-state index in [-0.39, 0.29) is 11.7 Å². The molecule has 0 radical (unpaired) electrons. The van der Waals surface area contributed by atoms with Crippen LogP contribution in [0.1, 0.15) is 18.1 Å². The van der Waals surface area contributed by atoms with Crippen molar-refractivity contribution in [3.63, 3.8) is 0 Å². The van der Waals surface area contributed by atoms with E-state index in [0.717, 1.165) is 27.8 Å². The Labute approximate surface area is 168 Å². The van der Waals surface area contributed by atoms with Gasteiger partial charge in [-0.3, -0.25) is 4.79 Å². The summed E-state index contributed by atoms with van der Waals surface area (Å²) in [7, 11) is 0. The standard InChI is InChI=1S/C20H21ClN4OS/c1-4-25-19(15-6-8-16(21)9-7-15)23-24-20(25)27-12-18(26)22-17-10-5-13(2)11-14(17)3/h5-11H,4,12H2,1-3H3,(H,22,26). The molecule has 0 aliphatic heterocycles. The Kier molecular flexibility index (Phi) is 6.19. The number of nitrogens with one attached hydrogen (secondary N) is 1. The normalized spacial score (nSPS) is 10.8. The molecule has 1 heterocycles. The Hall–Kier alpha value is -2.31. The average Bonchev–Trinajstić information content (AvgIpc) is 3.06. The van der Waals surface area contributed by atoms with Gasteiger partial charge in [0.05, 0.1) is 5.75 Å². The quantitative estimate of drug-likeness (QED) is 0.593. The van der Waals surface area contributed by atoms with E-state index < -0.39 is 0 Å². The van der Waals surface area contributed by atoms with E-state index in [1.165, 1.54) is 17.3 Å². The van der Waals surface area contributed by atoms with Gasteiger partial charge in [0.15, 0.2) is 11.0 Å². The van der Waals surface area contributed by atoms with Gasteiger partial charge in [-0.25, -0.2) is 0 Å². The molecule has 3 aromatic rings. The molecule has 1 aromatic heterocycles. The number of hydrogen-bond acceptors (Lipinski definition) is 4.